The van der Waals surface area contributed by atoms with Crippen LogP contribution in [0.25, 0.3) is 0 Å². The summed E-state index contributed by atoms with van der Waals surface area (Å²) in [7, 11) is 0. The third-order valence-electron chi connectivity index (χ3n) is 7.44. The van der Waals surface area contributed by atoms with Crippen LogP contribution in [0.2, 0.25) is 0 Å². The second-order valence-electron chi connectivity index (χ2n) is 8.79. The number of aliphatic carboxylic acids is 1. The molecular weight excluding hydrogens is 344 g/mol. The van der Waals surface area contributed by atoms with Gasteiger partial charge in [-0.25, -0.2) is 0 Å². The zero-order valence-corrected chi connectivity index (χ0v) is 15.8. The zero-order valence-electron chi connectivity index (χ0n) is 15.8. The van der Waals surface area contributed by atoms with Gasteiger partial charge in [-0.2, -0.15) is 0 Å². The maximum Gasteiger partial charge on any atom is 0.306 e. The van der Waals surface area contributed by atoms with Crippen molar-refractivity contribution in [3.8, 4) is 5.75 Å². The van der Waals surface area contributed by atoms with Gasteiger partial charge in [0.15, 0.2) is 0 Å². The first-order valence-corrected chi connectivity index (χ1v) is 10.1. The minimum absolute atomic E-state index is 0.00548. The minimum Gasteiger partial charge on any atom is -0.508 e. The number of esters is 1. The number of phenols is 1. The molecule has 0 radical (unpaired) electrons. The first kappa shape index (κ1) is 18.3. The molecule has 0 unspecified atom stereocenters. The van der Waals surface area contributed by atoms with Gasteiger partial charge in [0.05, 0.1) is 12.8 Å². The van der Waals surface area contributed by atoms with Crippen molar-refractivity contribution in [3.63, 3.8) is 0 Å². The number of aromatic hydroxyl groups is 1. The summed E-state index contributed by atoms with van der Waals surface area (Å²) in [6.45, 7) is 2.27. The summed E-state index contributed by atoms with van der Waals surface area (Å²) >= 11 is 0. The molecule has 146 valence electrons. The molecule has 0 aromatic heterocycles. The number of phenolic OH excluding ortho intramolecular Hbond substituents is 1. The second-order valence-corrected chi connectivity index (χ2v) is 8.79. The molecule has 3 aliphatic rings. The van der Waals surface area contributed by atoms with E-state index in [-0.39, 0.29) is 30.3 Å². The van der Waals surface area contributed by atoms with Gasteiger partial charge in [0, 0.05) is 5.41 Å². The number of aryl methyl sites for hydroxylation is 1. The molecule has 2 N–H and O–H groups in total. The lowest BCUT2D eigenvalue weighted by atomic mass is 9.55. The molecule has 2 fully saturated rings. The topological polar surface area (TPSA) is 83.8 Å². The van der Waals surface area contributed by atoms with Crippen LogP contribution in [-0.2, 0) is 20.7 Å². The quantitative estimate of drug-likeness (QED) is 0.780. The Morgan fingerprint density at radius 2 is 2.00 bits per heavy atom. The highest BCUT2D eigenvalue weighted by atomic mass is 16.5. The predicted octanol–water partition coefficient (Wildman–Crippen LogP) is 4.02. The van der Waals surface area contributed by atoms with E-state index < -0.39 is 5.97 Å². The van der Waals surface area contributed by atoms with E-state index >= 15 is 0 Å². The maximum absolute atomic E-state index is 12.1. The highest BCUT2D eigenvalue weighted by Gasteiger charge is 2.56. The van der Waals surface area contributed by atoms with Crippen LogP contribution in [0.1, 0.15) is 68.9 Å². The van der Waals surface area contributed by atoms with Crippen molar-refractivity contribution in [3.05, 3.63) is 29.3 Å². The van der Waals surface area contributed by atoms with Crippen molar-refractivity contribution < 1.29 is 24.5 Å². The lowest BCUT2D eigenvalue weighted by Crippen LogP contribution is -2.45. The van der Waals surface area contributed by atoms with E-state index in [2.05, 4.69) is 13.0 Å². The Morgan fingerprint density at radius 1 is 1.19 bits per heavy atom. The van der Waals surface area contributed by atoms with E-state index in [0.29, 0.717) is 23.5 Å². The van der Waals surface area contributed by atoms with Crippen molar-refractivity contribution >= 4 is 11.9 Å². The molecule has 27 heavy (non-hydrogen) atoms. The SMILES string of the molecule is C[C@]12CC[C@H]3c4ccc(O)cc4CC[C@@H]3[C@@H]1CC[C@@H]2OC(=O)CCC(=O)O. The van der Waals surface area contributed by atoms with Crippen molar-refractivity contribution in [2.75, 3.05) is 0 Å². The van der Waals surface area contributed by atoms with Gasteiger partial charge in [-0.15, -0.1) is 0 Å². The summed E-state index contributed by atoms with van der Waals surface area (Å²) < 4.78 is 5.76. The van der Waals surface area contributed by atoms with Gasteiger partial charge in [-0.1, -0.05) is 13.0 Å². The summed E-state index contributed by atoms with van der Waals surface area (Å²) in [4.78, 5) is 22.8. The standard InChI is InChI=1S/C22H28O5/c1-22-11-10-16-15-5-3-14(23)12-13(15)2-4-17(16)18(22)6-7-19(22)27-21(26)9-8-20(24)25/h3,5,12,16-19,23H,2,4,6-11H2,1H3,(H,24,25)/t16-,17-,18-,19-,22-/m0/s1. The number of rotatable bonds is 4. The number of carboxylic acid groups (broad SMARTS) is 1. The number of hydrogen-bond acceptors (Lipinski definition) is 4. The Hall–Kier alpha value is -2.04. The molecule has 0 amide bonds. The lowest BCUT2D eigenvalue weighted by molar-refractivity contribution is -0.159. The molecule has 0 heterocycles. The molecule has 0 bridgehead atoms. The lowest BCUT2D eigenvalue weighted by Gasteiger charge is -2.50. The number of fused-ring (bicyclic) bond motifs is 5. The average molecular weight is 372 g/mol. The number of benzene rings is 1. The van der Waals surface area contributed by atoms with E-state index in [0.717, 1.165) is 38.5 Å². The van der Waals surface area contributed by atoms with Crippen LogP contribution in [0.4, 0.5) is 0 Å². The first-order valence-electron chi connectivity index (χ1n) is 10.1. The number of hydrogen-bond donors (Lipinski definition) is 2. The smallest absolute Gasteiger partial charge is 0.306 e. The van der Waals surface area contributed by atoms with Crippen LogP contribution in [-0.4, -0.2) is 28.3 Å². The molecule has 1 aromatic carbocycles. The Bertz CT molecular complexity index is 757. The van der Waals surface area contributed by atoms with Gasteiger partial charge < -0.3 is 14.9 Å². The zero-order chi connectivity index (χ0) is 19.2. The largest absolute Gasteiger partial charge is 0.508 e. The summed E-state index contributed by atoms with van der Waals surface area (Å²) in [6, 6.07) is 5.82. The molecule has 3 aliphatic carbocycles. The number of carbonyl (C=O) groups is 2. The van der Waals surface area contributed by atoms with Crippen molar-refractivity contribution in [1.82, 2.24) is 0 Å². The summed E-state index contributed by atoms with van der Waals surface area (Å²) in [5.41, 5.74) is 2.68. The average Bonchev–Trinajstić information content (AvgIpc) is 2.96. The van der Waals surface area contributed by atoms with E-state index in [9.17, 15) is 14.7 Å². The van der Waals surface area contributed by atoms with Gasteiger partial charge in [0.2, 0.25) is 0 Å². The molecule has 0 aliphatic heterocycles. The third-order valence-corrected chi connectivity index (χ3v) is 7.44. The molecule has 4 rings (SSSR count). The molecule has 5 nitrogen and oxygen atoms in total. The molecule has 1 aromatic rings. The van der Waals surface area contributed by atoms with Gasteiger partial charge in [-0.3, -0.25) is 9.59 Å². The van der Waals surface area contributed by atoms with Gasteiger partial charge >= 0.3 is 11.9 Å². The van der Waals surface area contributed by atoms with Crippen LogP contribution in [0, 0.1) is 17.3 Å². The molecule has 5 heteroatoms. The summed E-state index contributed by atoms with van der Waals surface area (Å²) in [5, 5.41) is 18.6. The van der Waals surface area contributed by atoms with Crippen molar-refractivity contribution in [2.24, 2.45) is 17.3 Å². The van der Waals surface area contributed by atoms with Crippen LogP contribution < -0.4 is 0 Å². The maximum atomic E-state index is 12.1. The van der Waals surface area contributed by atoms with Gasteiger partial charge in [0.1, 0.15) is 11.9 Å². The molecule has 0 spiro atoms. The Morgan fingerprint density at radius 3 is 2.78 bits per heavy atom. The van der Waals surface area contributed by atoms with Crippen LogP contribution in [0.3, 0.4) is 0 Å². The van der Waals surface area contributed by atoms with Crippen LogP contribution in [0.15, 0.2) is 18.2 Å². The number of carboxylic acids is 1. The normalized spacial score (nSPS) is 34.3. The Labute approximate surface area is 159 Å². The minimum atomic E-state index is -0.963. The molecule has 5 atom stereocenters. The van der Waals surface area contributed by atoms with E-state index in [4.69, 9.17) is 9.84 Å². The fraction of sp³-hybridized carbons (Fsp3) is 0.636. The Balaban J connectivity index is 1.49. The number of ether oxygens (including phenoxy) is 1. The van der Waals surface area contributed by atoms with Gasteiger partial charge in [0.25, 0.3) is 0 Å². The Kier molecular flexibility index (Phi) is 4.65. The van der Waals surface area contributed by atoms with Crippen LogP contribution in [0.5, 0.6) is 5.75 Å². The summed E-state index contributed by atoms with van der Waals surface area (Å²) in [5.74, 6) is 0.681. The molecule has 0 saturated heterocycles. The predicted molar refractivity (Wildman–Crippen MR) is 99.5 cm³/mol. The van der Waals surface area contributed by atoms with Gasteiger partial charge in [-0.05, 0) is 79.5 Å². The highest BCUT2D eigenvalue weighted by molar-refractivity contribution is 5.76. The number of carbonyl (C=O) groups excluding carboxylic acids is 1. The van der Waals surface area contributed by atoms with Crippen molar-refractivity contribution in [1.29, 1.82) is 0 Å². The van der Waals surface area contributed by atoms with E-state index in [1.165, 1.54) is 11.1 Å². The van der Waals surface area contributed by atoms with Crippen LogP contribution >= 0.6 is 0 Å². The fourth-order valence-electron chi connectivity index (χ4n) is 6.14. The molecule has 2 saturated carbocycles. The fourth-order valence-corrected chi connectivity index (χ4v) is 6.14. The second kappa shape index (κ2) is 6.84. The van der Waals surface area contributed by atoms with E-state index in [1.807, 2.05) is 6.07 Å². The molecular formula is C22H28O5. The van der Waals surface area contributed by atoms with E-state index in [1.54, 1.807) is 6.07 Å². The first-order chi connectivity index (χ1) is 12.9. The highest BCUT2D eigenvalue weighted by Crippen LogP contribution is 2.61. The monoisotopic (exact) mass is 372 g/mol. The van der Waals surface area contributed by atoms with Crippen molar-refractivity contribution in [2.45, 2.75) is 70.3 Å². The summed E-state index contributed by atoms with van der Waals surface area (Å²) in [6.07, 6.45) is 5.88. The third kappa shape index (κ3) is 3.21.